The molecule has 2 rings (SSSR count). The van der Waals surface area contributed by atoms with E-state index in [4.69, 9.17) is 14.2 Å². The molecule has 4 nitrogen and oxygen atoms in total. The van der Waals surface area contributed by atoms with Crippen molar-refractivity contribution >= 4 is 0 Å². The molecule has 0 spiro atoms. The lowest BCUT2D eigenvalue weighted by molar-refractivity contribution is -0.166. The van der Waals surface area contributed by atoms with Gasteiger partial charge in [-0.2, -0.15) is 0 Å². The third kappa shape index (κ3) is 2.04. The Morgan fingerprint density at radius 2 is 2.06 bits per heavy atom. The van der Waals surface area contributed by atoms with Crippen molar-refractivity contribution < 1.29 is 19.3 Å². The van der Waals surface area contributed by atoms with Crippen LogP contribution in [0.2, 0.25) is 0 Å². The zero-order valence-corrected chi connectivity index (χ0v) is 9.47. The first kappa shape index (κ1) is 11.4. The van der Waals surface area contributed by atoms with Gasteiger partial charge >= 0.3 is 0 Å². The maximum Gasteiger partial charge on any atom is 0.187 e. The van der Waals surface area contributed by atoms with Crippen molar-refractivity contribution in [1.82, 2.24) is 0 Å². The molecule has 1 aromatic rings. The molecular weight excluding hydrogens is 208 g/mol. The van der Waals surface area contributed by atoms with E-state index in [2.05, 4.69) is 0 Å². The molecule has 0 saturated heterocycles. The summed E-state index contributed by atoms with van der Waals surface area (Å²) in [6.07, 6.45) is -0.526. The molecule has 0 aromatic heterocycles. The summed E-state index contributed by atoms with van der Waals surface area (Å²) < 4.78 is 15.5. The summed E-state index contributed by atoms with van der Waals surface area (Å²) in [7, 11) is 3.02. The molecule has 1 aliphatic rings. The molecule has 0 radical (unpaired) electrons. The summed E-state index contributed by atoms with van der Waals surface area (Å²) >= 11 is 0. The fourth-order valence-electron chi connectivity index (χ4n) is 1.90. The van der Waals surface area contributed by atoms with Gasteiger partial charge in [0, 0.05) is 20.6 Å². The van der Waals surface area contributed by atoms with Crippen LogP contribution in [-0.2, 0) is 15.9 Å². The number of aliphatic hydroxyl groups is 1. The number of hydrogen-bond acceptors (Lipinski definition) is 4. The minimum atomic E-state index is -0.777. The van der Waals surface area contributed by atoms with E-state index in [1.165, 1.54) is 14.2 Å². The number of benzene rings is 1. The largest absolute Gasteiger partial charge is 0.493 e. The van der Waals surface area contributed by atoms with Crippen LogP contribution in [0.15, 0.2) is 18.2 Å². The van der Waals surface area contributed by atoms with Gasteiger partial charge in [0.05, 0.1) is 6.61 Å². The van der Waals surface area contributed by atoms with Gasteiger partial charge in [0.15, 0.2) is 6.29 Å². The van der Waals surface area contributed by atoms with Crippen molar-refractivity contribution in [3.63, 3.8) is 0 Å². The first-order chi connectivity index (χ1) is 7.76. The van der Waals surface area contributed by atoms with Crippen LogP contribution in [0.1, 0.15) is 17.2 Å². The van der Waals surface area contributed by atoms with Crippen LogP contribution < -0.4 is 4.74 Å². The van der Waals surface area contributed by atoms with E-state index < -0.39 is 12.4 Å². The zero-order valence-electron chi connectivity index (χ0n) is 9.47. The summed E-state index contributed by atoms with van der Waals surface area (Å²) in [5, 5.41) is 10.0. The Bertz CT molecular complexity index is 360. The number of fused-ring (bicyclic) bond motifs is 1. The van der Waals surface area contributed by atoms with E-state index in [0.717, 1.165) is 23.3 Å². The summed E-state index contributed by atoms with van der Waals surface area (Å²) in [6.45, 7) is 0.715. The molecule has 1 atom stereocenters. The lowest BCUT2D eigenvalue weighted by Crippen LogP contribution is -2.22. The minimum absolute atomic E-state index is 0.639. The van der Waals surface area contributed by atoms with Crippen LogP contribution in [0, 0.1) is 0 Å². The monoisotopic (exact) mass is 224 g/mol. The molecular formula is C12H16O4. The fraction of sp³-hybridized carbons (Fsp3) is 0.500. The van der Waals surface area contributed by atoms with Crippen LogP contribution >= 0.6 is 0 Å². The van der Waals surface area contributed by atoms with Crippen LogP contribution in [0.25, 0.3) is 0 Å². The maximum absolute atomic E-state index is 10.0. The highest BCUT2D eigenvalue weighted by molar-refractivity contribution is 5.40. The maximum atomic E-state index is 10.0. The highest BCUT2D eigenvalue weighted by Gasteiger charge is 2.22. The van der Waals surface area contributed by atoms with E-state index in [1.807, 2.05) is 18.2 Å². The number of ether oxygens (including phenoxy) is 3. The standard InChI is InChI=1S/C12H16O4/c1-14-12(15-2)11(13)9-3-4-10-8(7-9)5-6-16-10/h3-4,7,11-13H,5-6H2,1-2H3. The molecule has 1 N–H and O–H groups in total. The topological polar surface area (TPSA) is 47.9 Å². The molecule has 88 valence electrons. The molecule has 0 saturated carbocycles. The van der Waals surface area contributed by atoms with Gasteiger partial charge in [-0.25, -0.2) is 0 Å². The van der Waals surface area contributed by atoms with Gasteiger partial charge in [-0.3, -0.25) is 0 Å². The van der Waals surface area contributed by atoms with Crippen molar-refractivity contribution in [2.75, 3.05) is 20.8 Å². The number of hydrogen-bond donors (Lipinski definition) is 1. The lowest BCUT2D eigenvalue weighted by atomic mass is 10.0. The Kier molecular flexibility index (Phi) is 3.43. The van der Waals surface area contributed by atoms with E-state index in [9.17, 15) is 5.11 Å². The van der Waals surface area contributed by atoms with Crippen molar-refractivity contribution in [2.24, 2.45) is 0 Å². The van der Waals surface area contributed by atoms with E-state index in [-0.39, 0.29) is 0 Å². The number of aliphatic hydroxyl groups excluding tert-OH is 1. The van der Waals surface area contributed by atoms with Crippen molar-refractivity contribution in [3.8, 4) is 5.75 Å². The number of methoxy groups -OCH3 is 2. The average Bonchev–Trinajstić information content (AvgIpc) is 2.77. The minimum Gasteiger partial charge on any atom is -0.493 e. The van der Waals surface area contributed by atoms with Gasteiger partial charge in [0.2, 0.25) is 0 Å². The molecule has 1 unspecified atom stereocenters. The van der Waals surface area contributed by atoms with Crippen LogP contribution in [0.3, 0.4) is 0 Å². The molecule has 1 heterocycles. The average molecular weight is 224 g/mol. The third-order valence-corrected chi connectivity index (χ3v) is 2.78. The van der Waals surface area contributed by atoms with Gasteiger partial charge in [0.25, 0.3) is 0 Å². The molecule has 4 heteroatoms. The highest BCUT2D eigenvalue weighted by atomic mass is 16.7. The third-order valence-electron chi connectivity index (χ3n) is 2.78. The summed E-state index contributed by atoms with van der Waals surface area (Å²) in [5.41, 5.74) is 1.92. The SMILES string of the molecule is COC(OC)C(O)c1ccc2c(c1)CCO2. The Hall–Kier alpha value is -1.10. The normalized spacial score (nSPS) is 16.0. The number of rotatable bonds is 4. The van der Waals surface area contributed by atoms with Crippen molar-refractivity contribution in [3.05, 3.63) is 29.3 Å². The predicted molar refractivity (Wildman–Crippen MR) is 58.4 cm³/mol. The lowest BCUT2D eigenvalue weighted by Gasteiger charge is -2.20. The van der Waals surface area contributed by atoms with Gasteiger partial charge in [-0.15, -0.1) is 0 Å². The second kappa shape index (κ2) is 4.82. The Balaban J connectivity index is 2.20. The summed E-state index contributed by atoms with van der Waals surface area (Å²) in [5.74, 6) is 0.905. The first-order valence-electron chi connectivity index (χ1n) is 5.25. The summed E-state index contributed by atoms with van der Waals surface area (Å²) in [4.78, 5) is 0. The van der Waals surface area contributed by atoms with Crippen LogP contribution in [-0.4, -0.2) is 32.2 Å². The highest BCUT2D eigenvalue weighted by Crippen LogP contribution is 2.29. The molecule has 1 aromatic carbocycles. The summed E-state index contributed by atoms with van der Waals surface area (Å²) in [6, 6.07) is 5.65. The molecule has 0 fully saturated rings. The van der Waals surface area contributed by atoms with Gasteiger partial charge in [0.1, 0.15) is 11.9 Å². The molecule has 0 amide bonds. The molecule has 0 aliphatic carbocycles. The zero-order chi connectivity index (χ0) is 11.5. The van der Waals surface area contributed by atoms with Gasteiger partial charge < -0.3 is 19.3 Å². The molecule has 1 aliphatic heterocycles. The van der Waals surface area contributed by atoms with Gasteiger partial charge in [-0.05, 0) is 23.3 Å². The van der Waals surface area contributed by atoms with Crippen LogP contribution in [0.5, 0.6) is 5.75 Å². The predicted octanol–water partition coefficient (Wildman–Crippen LogP) is 1.27. The fourth-order valence-corrected chi connectivity index (χ4v) is 1.90. The second-order valence-corrected chi connectivity index (χ2v) is 3.75. The molecule has 16 heavy (non-hydrogen) atoms. The first-order valence-corrected chi connectivity index (χ1v) is 5.25. The smallest absolute Gasteiger partial charge is 0.187 e. The van der Waals surface area contributed by atoms with Crippen LogP contribution in [0.4, 0.5) is 0 Å². The van der Waals surface area contributed by atoms with E-state index >= 15 is 0 Å². The van der Waals surface area contributed by atoms with Crippen molar-refractivity contribution in [1.29, 1.82) is 0 Å². The van der Waals surface area contributed by atoms with Gasteiger partial charge in [-0.1, -0.05) is 6.07 Å². The molecule has 0 bridgehead atoms. The Morgan fingerprint density at radius 3 is 2.75 bits per heavy atom. The van der Waals surface area contributed by atoms with E-state index in [1.54, 1.807) is 0 Å². The quantitative estimate of drug-likeness (QED) is 0.782. The van der Waals surface area contributed by atoms with E-state index in [0.29, 0.717) is 6.61 Å². The Morgan fingerprint density at radius 1 is 1.31 bits per heavy atom. The Labute approximate surface area is 94.8 Å². The van der Waals surface area contributed by atoms with Crippen molar-refractivity contribution in [2.45, 2.75) is 18.8 Å². The second-order valence-electron chi connectivity index (χ2n) is 3.75.